The maximum absolute atomic E-state index is 5.30. The van der Waals surface area contributed by atoms with Gasteiger partial charge in [-0.25, -0.2) is 0 Å². The summed E-state index contributed by atoms with van der Waals surface area (Å²) >= 11 is 0. The van der Waals surface area contributed by atoms with Gasteiger partial charge in [0, 0.05) is 11.3 Å². The normalized spacial score (nSPS) is 10.2. The van der Waals surface area contributed by atoms with Gasteiger partial charge in [0.05, 0.1) is 27.0 Å². The monoisotopic (exact) mass is 248 g/mol. The van der Waals surface area contributed by atoms with Gasteiger partial charge in [-0.2, -0.15) is 5.10 Å². The van der Waals surface area contributed by atoms with Crippen LogP contribution in [0.15, 0.2) is 18.2 Å². The number of hydrogen-bond acceptors (Lipinski definition) is 4. The van der Waals surface area contributed by atoms with Crippen LogP contribution < -0.4 is 14.2 Å². The summed E-state index contributed by atoms with van der Waals surface area (Å²) in [6, 6.07) is 5.70. The molecule has 0 bridgehead atoms. The Morgan fingerprint density at radius 1 is 0.944 bits per heavy atom. The summed E-state index contributed by atoms with van der Waals surface area (Å²) < 4.78 is 15.9. The molecule has 1 heterocycles. The molecule has 0 spiro atoms. The lowest BCUT2D eigenvalue weighted by Crippen LogP contribution is -1.95. The molecule has 0 amide bonds. The second-order valence-corrected chi connectivity index (χ2v) is 3.85. The van der Waals surface area contributed by atoms with Crippen molar-refractivity contribution in [3.63, 3.8) is 0 Å². The van der Waals surface area contributed by atoms with Gasteiger partial charge >= 0.3 is 0 Å². The molecule has 0 radical (unpaired) electrons. The number of aromatic amines is 1. The van der Waals surface area contributed by atoms with Crippen molar-refractivity contribution >= 4 is 0 Å². The second-order valence-electron chi connectivity index (χ2n) is 3.85. The van der Waals surface area contributed by atoms with E-state index >= 15 is 0 Å². The molecule has 0 fully saturated rings. The standard InChI is InChI=1S/C13H16N2O3/c1-8-5-10(15-14-8)9-6-11(16-2)13(18-4)12(7-9)17-3/h5-7H,1-4H3,(H,14,15). The number of rotatable bonds is 4. The van der Waals surface area contributed by atoms with Gasteiger partial charge in [0.15, 0.2) is 11.5 Å². The lowest BCUT2D eigenvalue weighted by molar-refractivity contribution is 0.324. The Balaban J connectivity index is 2.56. The fourth-order valence-corrected chi connectivity index (χ4v) is 1.79. The second kappa shape index (κ2) is 5.00. The molecule has 0 aliphatic heterocycles. The third kappa shape index (κ3) is 2.11. The summed E-state index contributed by atoms with van der Waals surface area (Å²) in [5, 5.41) is 7.12. The first kappa shape index (κ1) is 12.3. The Kier molecular flexibility index (Phi) is 3.41. The smallest absolute Gasteiger partial charge is 0.203 e. The summed E-state index contributed by atoms with van der Waals surface area (Å²) in [6.45, 7) is 1.95. The number of aryl methyl sites for hydroxylation is 1. The molecule has 5 heteroatoms. The molecule has 0 aliphatic rings. The highest BCUT2D eigenvalue weighted by atomic mass is 16.5. The molecule has 2 rings (SSSR count). The minimum atomic E-state index is 0.580. The maximum atomic E-state index is 5.30. The Bertz CT molecular complexity index is 524. The lowest BCUT2D eigenvalue weighted by atomic mass is 10.1. The van der Waals surface area contributed by atoms with Crippen molar-refractivity contribution < 1.29 is 14.2 Å². The number of ether oxygens (including phenoxy) is 3. The van der Waals surface area contributed by atoms with Gasteiger partial charge in [-0.3, -0.25) is 5.10 Å². The molecule has 96 valence electrons. The van der Waals surface area contributed by atoms with Crippen LogP contribution in [0.25, 0.3) is 11.3 Å². The lowest BCUT2D eigenvalue weighted by Gasteiger charge is -2.13. The number of nitrogens with zero attached hydrogens (tertiary/aromatic N) is 1. The van der Waals surface area contributed by atoms with Crippen LogP contribution in [-0.4, -0.2) is 31.5 Å². The van der Waals surface area contributed by atoms with Gasteiger partial charge in [-0.1, -0.05) is 0 Å². The van der Waals surface area contributed by atoms with E-state index in [-0.39, 0.29) is 0 Å². The predicted molar refractivity (Wildman–Crippen MR) is 68.4 cm³/mol. The molecule has 0 saturated heterocycles. The number of H-pyrrole nitrogens is 1. The number of nitrogens with one attached hydrogen (secondary N) is 1. The van der Waals surface area contributed by atoms with Crippen LogP contribution in [0, 0.1) is 6.92 Å². The molecule has 1 N–H and O–H groups in total. The van der Waals surface area contributed by atoms with Gasteiger partial charge in [-0.05, 0) is 25.1 Å². The van der Waals surface area contributed by atoms with Crippen LogP contribution in [0.2, 0.25) is 0 Å². The zero-order valence-electron chi connectivity index (χ0n) is 10.9. The summed E-state index contributed by atoms with van der Waals surface area (Å²) in [7, 11) is 4.77. The largest absolute Gasteiger partial charge is 0.493 e. The van der Waals surface area contributed by atoms with Crippen molar-refractivity contribution in [2.75, 3.05) is 21.3 Å². The van der Waals surface area contributed by atoms with Crippen LogP contribution in [0.3, 0.4) is 0 Å². The Labute approximate surface area is 106 Å². The topological polar surface area (TPSA) is 56.4 Å². The van der Waals surface area contributed by atoms with Crippen molar-refractivity contribution in [1.29, 1.82) is 0 Å². The number of benzene rings is 1. The molecule has 0 unspecified atom stereocenters. The van der Waals surface area contributed by atoms with E-state index < -0.39 is 0 Å². The molecular formula is C13H16N2O3. The molecule has 1 aromatic heterocycles. The minimum Gasteiger partial charge on any atom is -0.493 e. The van der Waals surface area contributed by atoms with Crippen molar-refractivity contribution in [2.24, 2.45) is 0 Å². The molecule has 18 heavy (non-hydrogen) atoms. The van der Waals surface area contributed by atoms with Crippen molar-refractivity contribution in [3.05, 3.63) is 23.9 Å². The van der Waals surface area contributed by atoms with E-state index in [0.29, 0.717) is 17.2 Å². The molecular weight excluding hydrogens is 232 g/mol. The van der Waals surface area contributed by atoms with E-state index in [1.54, 1.807) is 21.3 Å². The summed E-state index contributed by atoms with van der Waals surface area (Å²) in [5.41, 5.74) is 2.75. The number of hydrogen-bond donors (Lipinski definition) is 1. The molecule has 0 saturated carbocycles. The van der Waals surface area contributed by atoms with Crippen molar-refractivity contribution in [1.82, 2.24) is 10.2 Å². The van der Waals surface area contributed by atoms with E-state index in [1.807, 2.05) is 25.1 Å². The Morgan fingerprint density at radius 2 is 1.56 bits per heavy atom. The fraction of sp³-hybridized carbons (Fsp3) is 0.308. The van der Waals surface area contributed by atoms with Crippen molar-refractivity contribution in [3.8, 4) is 28.5 Å². The Hall–Kier alpha value is -2.17. The van der Waals surface area contributed by atoms with Gasteiger partial charge in [0.2, 0.25) is 5.75 Å². The first-order valence-electron chi connectivity index (χ1n) is 5.52. The van der Waals surface area contributed by atoms with E-state index in [9.17, 15) is 0 Å². The van der Waals surface area contributed by atoms with Gasteiger partial charge in [0.25, 0.3) is 0 Å². The molecule has 2 aromatic rings. The summed E-state index contributed by atoms with van der Waals surface area (Å²) in [6.07, 6.45) is 0. The van der Waals surface area contributed by atoms with Crippen molar-refractivity contribution in [2.45, 2.75) is 6.92 Å². The first-order chi connectivity index (χ1) is 8.69. The van der Waals surface area contributed by atoms with Crippen LogP contribution in [0.5, 0.6) is 17.2 Å². The van der Waals surface area contributed by atoms with Gasteiger partial charge in [-0.15, -0.1) is 0 Å². The van der Waals surface area contributed by atoms with Crippen LogP contribution in [0.4, 0.5) is 0 Å². The van der Waals surface area contributed by atoms with E-state index in [2.05, 4.69) is 10.2 Å². The van der Waals surface area contributed by atoms with E-state index in [0.717, 1.165) is 17.0 Å². The molecule has 5 nitrogen and oxygen atoms in total. The highest BCUT2D eigenvalue weighted by Crippen LogP contribution is 2.40. The highest BCUT2D eigenvalue weighted by Gasteiger charge is 2.15. The van der Waals surface area contributed by atoms with E-state index in [4.69, 9.17) is 14.2 Å². The minimum absolute atomic E-state index is 0.580. The molecule has 0 atom stereocenters. The Morgan fingerprint density at radius 3 is 1.94 bits per heavy atom. The predicted octanol–water partition coefficient (Wildman–Crippen LogP) is 2.41. The summed E-state index contributed by atoms with van der Waals surface area (Å²) in [5.74, 6) is 1.82. The first-order valence-corrected chi connectivity index (χ1v) is 5.52. The summed E-state index contributed by atoms with van der Waals surface area (Å²) in [4.78, 5) is 0. The van der Waals surface area contributed by atoms with E-state index in [1.165, 1.54) is 0 Å². The average Bonchev–Trinajstić information content (AvgIpc) is 2.83. The van der Waals surface area contributed by atoms with Crippen LogP contribution in [0.1, 0.15) is 5.69 Å². The zero-order valence-corrected chi connectivity index (χ0v) is 10.9. The molecule has 1 aromatic carbocycles. The maximum Gasteiger partial charge on any atom is 0.203 e. The molecule has 0 aliphatic carbocycles. The quantitative estimate of drug-likeness (QED) is 0.902. The van der Waals surface area contributed by atoms with Crippen LogP contribution in [-0.2, 0) is 0 Å². The third-order valence-electron chi connectivity index (χ3n) is 2.67. The average molecular weight is 248 g/mol. The number of aromatic nitrogens is 2. The SMILES string of the molecule is COc1cc(-c2cc(C)[nH]n2)cc(OC)c1OC. The fourth-order valence-electron chi connectivity index (χ4n) is 1.79. The van der Waals surface area contributed by atoms with Gasteiger partial charge in [0.1, 0.15) is 0 Å². The van der Waals surface area contributed by atoms with Gasteiger partial charge < -0.3 is 14.2 Å². The highest BCUT2D eigenvalue weighted by molar-refractivity contribution is 5.68. The third-order valence-corrected chi connectivity index (χ3v) is 2.67. The van der Waals surface area contributed by atoms with Crippen LogP contribution >= 0.6 is 0 Å². The zero-order chi connectivity index (χ0) is 13.1. The number of methoxy groups -OCH3 is 3.